The molecule has 21 heavy (non-hydrogen) atoms. The number of rotatable bonds is 5. The molecule has 2 aliphatic rings. The number of isocyanates is 1. The van der Waals surface area contributed by atoms with Gasteiger partial charge in [0, 0.05) is 6.42 Å². The van der Waals surface area contributed by atoms with Gasteiger partial charge in [0.05, 0.1) is 25.9 Å². The van der Waals surface area contributed by atoms with Crippen LogP contribution in [0.15, 0.2) is 23.2 Å². The number of hydrogen-bond donors (Lipinski definition) is 0. The molecule has 1 atom stereocenters. The predicted octanol–water partition coefficient (Wildman–Crippen LogP) is 2.58. The highest BCUT2D eigenvalue weighted by Gasteiger charge is 2.39. The minimum absolute atomic E-state index is 0.0565. The van der Waals surface area contributed by atoms with Gasteiger partial charge < -0.3 is 14.2 Å². The van der Waals surface area contributed by atoms with Crippen molar-refractivity contribution in [3.63, 3.8) is 0 Å². The van der Waals surface area contributed by atoms with Crippen LogP contribution in [0.5, 0.6) is 11.5 Å². The summed E-state index contributed by atoms with van der Waals surface area (Å²) < 4.78 is 16.7. The molecule has 0 bridgehead atoms. The Kier molecular flexibility index (Phi) is 3.95. The van der Waals surface area contributed by atoms with Gasteiger partial charge in [-0.25, -0.2) is 4.79 Å². The molecule has 0 N–H and O–H groups in total. The Morgan fingerprint density at radius 3 is 2.81 bits per heavy atom. The summed E-state index contributed by atoms with van der Waals surface area (Å²) in [5.74, 6) is 1.38. The molecule has 0 spiro atoms. The smallest absolute Gasteiger partial charge is 0.235 e. The van der Waals surface area contributed by atoms with Crippen molar-refractivity contribution in [3.05, 3.63) is 23.8 Å². The molecular weight excluding hydrogens is 270 g/mol. The molecule has 1 heterocycles. The zero-order chi connectivity index (χ0) is 14.7. The molecule has 5 heteroatoms. The largest absolute Gasteiger partial charge is 0.493 e. The van der Waals surface area contributed by atoms with Crippen molar-refractivity contribution in [1.82, 2.24) is 0 Å². The van der Waals surface area contributed by atoms with Gasteiger partial charge in [0.15, 0.2) is 11.5 Å². The zero-order valence-corrected chi connectivity index (χ0v) is 12.1. The van der Waals surface area contributed by atoms with Crippen LogP contribution in [0.3, 0.4) is 0 Å². The maximum atomic E-state index is 10.7. The van der Waals surface area contributed by atoms with Gasteiger partial charge in [0.2, 0.25) is 6.08 Å². The molecule has 0 amide bonds. The molecule has 3 rings (SSSR count). The van der Waals surface area contributed by atoms with E-state index in [2.05, 4.69) is 4.99 Å². The molecule has 5 nitrogen and oxygen atoms in total. The van der Waals surface area contributed by atoms with Gasteiger partial charge in [-0.2, -0.15) is 4.99 Å². The summed E-state index contributed by atoms with van der Waals surface area (Å²) in [4.78, 5) is 14.7. The van der Waals surface area contributed by atoms with Crippen molar-refractivity contribution in [3.8, 4) is 11.5 Å². The predicted molar refractivity (Wildman–Crippen MR) is 76.5 cm³/mol. The fourth-order valence-corrected chi connectivity index (χ4v) is 2.91. The second-order valence-electron chi connectivity index (χ2n) is 5.56. The fraction of sp³-hybridized carbons (Fsp3) is 0.562. The maximum absolute atomic E-state index is 10.7. The van der Waals surface area contributed by atoms with Gasteiger partial charge in [0.1, 0.15) is 6.10 Å². The molecule has 0 radical (unpaired) electrons. The monoisotopic (exact) mass is 289 g/mol. The molecule has 1 aromatic carbocycles. The minimum Gasteiger partial charge on any atom is -0.493 e. The van der Waals surface area contributed by atoms with Gasteiger partial charge in [-0.1, -0.05) is 6.07 Å². The van der Waals surface area contributed by atoms with E-state index in [1.54, 1.807) is 13.2 Å². The normalized spacial score (nSPS) is 23.0. The van der Waals surface area contributed by atoms with E-state index < -0.39 is 5.54 Å². The first-order chi connectivity index (χ1) is 10.3. The van der Waals surface area contributed by atoms with Crippen LogP contribution in [0, 0.1) is 0 Å². The number of hydrogen-bond acceptors (Lipinski definition) is 5. The number of nitrogens with zero attached hydrogens (tertiary/aromatic N) is 1. The van der Waals surface area contributed by atoms with Gasteiger partial charge in [-0.15, -0.1) is 0 Å². The fourth-order valence-electron chi connectivity index (χ4n) is 2.91. The van der Waals surface area contributed by atoms with E-state index in [4.69, 9.17) is 14.2 Å². The minimum atomic E-state index is -0.418. The average Bonchev–Trinajstić information content (AvgIpc) is 2.96. The molecule has 2 fully saturated rings. The van der Waals surface area contributed by atoms with Crippen LogP contribution in [0.2, 0.25) is 0 Å². The summed E-state index contributed by atoms with van der Waals surface area (Å²) in [5, 5.41) is 0. The third-order valence-electron chi connectivity index (χ3n) is 4.32. The second kappa shape index (κ2) is 5.88. The standard InChI is InChI=1S/C16H19NO4/c1-19-14-4-3-12(16(17-11-18)6-2-7-16)9-15(14)21-13-5-8-20-10-13/h3-4,9,13H,2,5-8,10H2,1H3. The molecule has 112 valence electrons. The van der Waals surface area contributed by atoms with E-state index in [-0.39, 0.29) is 6.10 Å². The van der Waals surface area contributed by atoms with E-state index in [1.165, 1.54) is 0 Å². The SMILES string of the molecule is COc1ccc(C2(N=C=O)CCC2)cc1OC1CCOC1. The number of methoxy groups -OCH3 is 1. The maximum Gasteiger partial charge on any atom is 0.235 e. The van der Waals surface area contributed by atoms with E-state index in [1.807, 2.05) is 18.2 Å². The molecule has 1 saturated heterocycles. The first-order valence-corrected chi connectivity index (χ1v) is 7.29. The Labute approximate surface area is 123 Å². The average molecular weight is 289 g/mol. The molecule has 1 aliphatic heterocycles. The number of carbonyl (C=O) groups excluding carboxylic acids is 1. The van der Waals surface area contributed by atoms with Gasteiger partial charge in [-0.3, -0.25) is 0 Å². The van der Waals surface area contributed by atoms with Crippen molar-refractivity contribution >= 4 is 6.08 Å². The summed E-state index contributed by atoms with van der Waals surface area (Å²) in [6.45, 7) is 1.33. The zero-order valence-electron chi connectivity index (χ0n) is 12.1. The lowest BCUT2D eigenvalue weighted by Gasteiger charge is -2.37. The first-order valence-electron chi connectivity index (χ1n) is 7.29. The Hall–Kier alpha value is -1.84. The van der Waals surface area contributed by atoms with E-state index in [9.17, 15) is 4.79 Å². The van der Waals surface area contributed by atoms with Crippen molar-refractivity contribution in [1.29, 1.82) is 0 Å². The highest BCUT2D eigenvalue weighted by Crippen LogP contribution is 2.46. The summed E-state index contributed by atoms with van der Waals surface area (Å²) in [6.07, 6.45) is 5.47. The second-order valence-corrected chi connectivity index (χ2v) is 5.56. The summed E-state index contributed by atoms with van der Waals surface area (Å²) in [5.41, 5.74) is 0.574. The number of benzene rings is 1. The van der Waals surface area contributed by atoms with Crippen LogP contribution in [0.25, 0.3) is 0 Å². The molecule has 1 aliphatic carbocycles. The number of aliphatic imine (C=N–C) groups is 1. The Morgan fingerprint density at radius 1 is 1.38 bits per heavy atom. The lowest BCUT2D eigenvalue weighted by molar-refractivity contribution is 0.138. The first kappa shape index (κ1) is 14.1. The van der Waals surface area contributed by atoms with Gasteiger partial charge >= 0.3 is 0 Å². The van der Waals surface area contributed by atoms with Crippen LogP contribution in [0.4, 0.5) is 0 Å². The van der Waals surface area contributed by atoms with E-state index in [0.29, 0.717) is 18.1 Å². The van der Waals surface area contributed by atoms with E-state index >= 15 is 0 Å². The van der Waals surface area contributed by atoms with Crippen LogP contribution >= 0.6 is 0 Å². The van der Waals surface area contributed by atoms with Crippen molar-refractivity contribution < 1.29 is 19.0 Å². The quantitative estimate of drug-likeness (QED) is 0.617. The van der Waals surface area contributed by atoms with Crippen molar-refractivity contribution in [2.75, 3.05) is 20.3 Å². The van der Waals surface area contributed by atoms with Crippen LogP contribution in [0.1, 0.15) is 31.2 Å². The van der Waals surface area contributed by atoms with Crippen LogP contribution in [-0.4, -0.2) is 32.5 Å². The van der Waals surface area contributed by atoms with Gasteiger partial charge in [-0.05, 0) is 37.0 Å². The summed E-state index contributed by atoms with van der Waals surface area (Å²) in [7, 11) is 1.62. The molecule has 1 saturated carbocycles. The lowest BCUT2D eigenvalue weighted by atomic mass is 9.72. The van der Waals surface area contributed by atoms with Gasteiger partial charge in [0.25, 0.3) is 0 Å². The third-order valence-corrected chi connectivity index (χ3v) is 4.32. The van der Waals surface area contributed by atoms with Crippen molar-refractivity contribution in [2.45, 2.75) is 37.3 Å². The summed E-state index contributed by atoms with van der Waals surface area (Å²) in [6, 6.07) is 5.77. The molecule has 0 aromatic heterocycles. The Balaban J connectivity index is 1.90. The highest BCUT2D eigenvalue weighted by molar-refractivity contribution is 5.47. The topological polar surface area (TPSA) is 57.1 Å². The summed E-state index contributed by atoms with van der Waals surface area (Å²) >= 11 is 0. The van der Waals surface area contributed by atoms with Crippen LogP contribution in [-0.2, 0) is 15.1 Å². The molecule has 1 aromatic rings. The number of ether oxygens (including phenoxy) is 3. The Morgan fingerprint density at radius 2 is 2.24 bits per heavy atom. The van der Waals surface area contributed by atoms with Crippen molar-refractivity contribution in [2.24, 2.45) is 4.99 Å². The molecular formula is C16H19NO4. The Bertz CT molecular complexity index is 555. The third kappa shape index (κ3) is 2.67. The van der Waals surface area contributed by atoms with Crippen LogP contribution < -0.4 is 9.47 Å². The molecule has 1 unspecified atom stereocenters. The highest BCUT2D eigenvalue weighted by atomic mass is 16.6. The van der Waals surface area contributed by atoms with E-state index in [0.717, 1.165) is 37.9 Å². The lowest BCUT2D eigenvalue weighted by Crippen LogP contribution is -2.32.